The molecule has 3 heteroatoms. The van der Waals surface area contributed by atoms with Gasteiger partial charge in [-0.05, 0) is 155 Å². The van der Waals surface area contributed by atoms with E-state index < -0.39 is 0 Å². The zero-order valence-electron chi connectivity index (χ0n) is 36.4. The zero-order chi connectivity index (χ0) is 42.8. The van der Waals surface area contributed by atoms with Crippen LogP contribution in [-0.2, 0) is 6.42 Å². The van der Waals surface area contributed by atoms with E-state index in [0.29, 0.717) is 5.92 Å². The number of rotatable bonds is 7. The van der Waals surface area contributed by atoms with Gasteiger partial charge >= 0.3 is 0 Å². The molecule has 0 radical (unpaired) electrons. The average molecular weight is 837 g/mol. The first-order valence-corrected chi connectivity index (χ1v) is 23.4. The first kappa shape index (κ1) is 37.9. The predicted molar refractivity (Wildman–Crippen MR) is 273 cm³/mol. The first-order valence-electron chi connectivity index (χ1n) is 23.4. The summed E-state index contributed by atoms with van der Waals surface area (Å²) in [6.45, 7) is 0. The first-order chi connectivity index (χ1) is 32.2. The van der Waals surface area contributed by atoms with Crippen LogP contribution in [-0.4, -0.2) is 4.57 Å². The molecule has 2 heterocycles. The molecule has 0 amide bonds. The van der Waals surface area contributed by atoms with Gasteiger partial charge in [-0.2, -0.15) is 0 Å². The topological polar surface area (TPSA) is 21.3 Å². The van der Waals surface area contributed by atoms with Gasteiger partial charge in [-0.25, -0.2) is 0 Å². The van der Waals surface area contributed by atoms with Crippen LogP contribution in [0.3, 0.4) is 0 Å². The number of para-hydroxylation sites is 1. The van der Waals surface area contributed by atoms with Crippen LogP contribution >= 0.6 is 0 Å². The predicted octanol–water partition coefficient (Wildman–Crippen LogP) is 14.7. The maximum atomic E-state index is 6.62. The summed E-state index contributed by atoms with van der Waals surface area (Å²) >= 11 is 0. The Hall–Kier alpha value is -7.62. The molecule has 312 valence electrons. The van der Waals surface area contributed by atoms with Gasteiger partial charge in [0.2, 0.25) is 0 Å². The molecule has 0 N–H and O–H groups in total. The smallest absolute Gasteiger partial charge is 0.154 e. The fourth-order valence-corrected chi connectivity index (χ4v) is 11.1. The van der Waals surface area contributed by atoms with Gasteiger partial charge in [0.15, 0.2) is 5.42 Å². The molecule has 4 aliphatic carbocycles. The van der Waals surface area contributed by atoms with E-state index in [-0.39, 0.29) is 0 Å². The van der Waals surface area contributed by atoms with Crippen LogP contribution in [0.1, 0.15) is 66.8 Å². The van der Waals surface area contributed by atoms with Gasteiger partial charge in [-0.15, -0.1) is 0 Å². The minimum Gasteiger partial charge on any atom is -0.454 e. The summed E-state index contributed by atoms with van der Waals surface area (Å²) in [5, 5.41) is 8.94. The van der Waals surface area contributed by atoms with Crippen LogP contribution in [0.15, 0.2) is 204 Å². The van der Waals surface area contributed by atoms with Crippen LogP contribution in [0.2, 0.25) is 0 Å². The van der Waals surface area contributed by atoms with Gasteiger partial charge < -0.3 is 13.9 Å². The SMILES string of the molecule is C1=Cc2c(c3cc(-c4ccc(N(C5=CCC(c6ccc7ccccc7c6)C=C5)C5=CC=C(c6ccc7ccccc7c6)CC5)cc4)ccc3n2C2=c3oc4ccccc4c3=CCC2)CC1. The van der Waals surface area contributed by atoms with Crippen molar-refractivity contribution < 1.29 is 4.42 Å². The van der Waals surface area contributed by atoms with Crippen LogP contribution in [0.4, 0.5) is 5.69 Å². The third-order valence-corrected chi connectivity index (χ3v) is 14.4. The summed E-state index contributed by atoms with van der Waals surface area (Å²) in [5.41, 5.74) is 17.5. The molecular formula is C62H48N2O. The Balaban J connectivity index is 0.861. The summed E-state index contributed by atoms with van der Waals surface area (Å²) in [4.78, 5) is 2.50. The Bertz CT molecular complexity index is 3690. The quantitative estimate of drug-likeness (QED) is 0.159. The van der Waals surface area contributed by atoms with Gasteiger partial charge in [0.05, 0.1) is 11.2 Å². The molecule has 0 saturated heterocycles. The highest BCUT2D eigenvalue weighted by atomic mass is 16.3. The second kappa shape index (κ2) is 15.6. The lowest BCUT2D eigenvalue weighted by Crippen LogP contribution is -2.29. The fourth-order valence-electron chi connectivity index (χ4n) is 11.1. The molecule has 0 aliphatic heterocycles. The van der Waals surface area contributed by atoms with E-state index >= 15 is 0 Å². The van der Waals surface area contributed by atoms with Crippen LogP contribution < -0.4 is 15.5 Å². The van der Waals surface area contributed by atoms with Crippen LogP contribution in [0.25, 0.3) is 78.0 Å². The normalized spacial score (nSPS) is 16.9. The highest BCUT2D eigenvalue weighted by Gasteiger charge is 2.25. The number of nitrogens with zero attached hydrogens (tertiary/aromatic N) is 2. The van der Waals surface area contributed by atoms with Gasteiger partial charge in [-0.3, -0.25) is 0 Å². The molecule has 4 aliphatic rings. The number of furan rings is 1. The highest BCUT2D eigenvalue weighted by molar-refractivity contribution is 5.95. The minimum atomic E-state index is 0.342. The number of benzene rings is 7. The van der Waals surface area contributed by atoms with Crippen molar-refractivity contribution in [2.45, 2.75) is 50.9 Å². The Kier molecular flexibility index (Phi) is 9.08. The summed E-state index contributed by atoms with van der Waals surface area (Å²) in [7, 11) is 0. The number of anilines is 1. The van der Waals surface area contributed by atoms with E-state index in [1.165, 1.54) is 105 Å². The fraction of sp³-hybridized carbons (Fsp3) is 0.129. The summed E-state index contributed by atoms with van der Waals surface area (Å²) < 4.78 is 9.13. The molecule has 0 bridgehead atoms. The molecule has 0 spiro atoms. The Morgan fingerprint density at radius 2 is 1.34 bits per heavy atom. The molecule has 2 aromatic heterocycles. The van der Waals surface area contributed by atoms with Crippen molar-refractivity contribution >= 4 is 72.5 Å². The molecule has 65 heavy (non-hydrogen) atoms. The van der Waals surface area contributed by atoms with Crippen molar-refractivity contribution in [3.05, 3.63) is 233 Å². The van der Waals surface area contributed by atoms with Crippen molar-refractivity contribution in [2.75, 3.05) is 4.90 Å². The number of hydrogen-bond donors (Lipinski definition) is 0. The average Bonchev–Trinajstić information content (AvgIpc) is 3.92. The molecular weight excluding hydrogens is 789 g/mol. The Morgan fingerprint density at radius 1 is 0.569 bits per heavy atom. The lowest BCUT2D eigenvalue weighted by Gasteiger charge is -2.32. The second-order valence-electron chi connectivity index (χ2n) is 18.1. The van der Waals surface area contributed by atoms with Gasteiger partial charge in [-0.1, -0.05) is 146 Å². The summed E-state index contributed by atoms with van der Waals surface area (Å²) in [6.07, 6.45) is 25.9. The molecule has 0 saturated carbocycles. The number of fused-ring (bicyclic) bond motifs is 8. The summed E-state index contributed by atoms with van der Waals surface area (Å²) in [5.74, 6) is 0.342. The standard InChI is InChI=1S/C62H48N2O/c1-3-12-46-38-48(22-20-41(46)10-1)43-24-31-51(32-25-43)63(52-33-26-44(27-34-52)49-23-21-42-11-2-4-13-47(42)39-49)53-35-28-45(29-36-53)50-30-37-59-57(40-50)54-14-5-7-17-58(54)64(59)60-18-9-16-56-55-15-6-8-19-61(55)65-62(56)60/h1-4,6-8,10-13,15-17,19-24,26,28-33,35-40,43H,5,9,14,18,25,27,34H2. The van der Waals surface area contributed by atoms with E-state index in [9.17, 15) is 0 Å². The van der Waals surface area contributed by atoms with Crippen molar-refractivity contribution in [3.63, 3.8) is 0 Å². The van der Waals surface area contributed by atoms with E-state index in [1.807, 2.05) is 0 Å². The number of aromatic nitrogens is 1. The van der Waals surface area contributed by atoms with Crippen molar-refractivity contribution in [2.24, 2.45) is 0 Å². The van der Waals surface area contributed by atoms with Crippen molar-refractivity contribution in [3.8, 4) is 11.1 Å². The lowest BCUT2D eigenvalue weighted by molar-refractivity contribution is 0.563. The van der Waals surface area contributed by atoms with Gasteiger partial charge in [0.1, 0.15) is 5.58 Å². The third-order valence-electron chi connectivity index (χ3n) is 14.4. The van der Waals surface area contributed by atoms with Crippen LogP contribution in [0, 0.1) is 0 Å². The third kappa shape index (κ3) is 6.56. The molecule has 1 unspecified atom stereocenters. The van der Waals surface area contributed by atoms with Gasteiger partial charge in [0, 0.05) is 44.7 Å². The Labute approximate surface area is 379 Å². The van der Waals surface area contributed by atoms with E-state index in [4.69, 9.17) is 4.42 Å². The van der Waals surface area contributed by atoms with Crippen LogP contribution in [0.5, 0.6) is 0 Å². The maximum Gasteiger partial charge on any atom is 0.154 e. The molecule has 1 atom stereocenters. The molecule has 9 aromatic rings. The van der Waals surface area contributed by atoms with E-state index in [2.05, 4.69) is 210 Å². The van der Waals surface area contributed by atoms with E-state index in [1.54, 1.807) is 0 Å². The number of allylic oxidation sites excluding steroid dienone is 8. The second-order valence-corrected chi connectivity index (χ2v) is 18.1. The zero-order valence-corrected chi connectivity index (χ0v) is 36.4. The monoisotopic (exact) mass is 836 g/mol. The lowest BCUT2D eigenvalue weighted by atomic mass is 9.89. The van der Waals surface area contributed by atoms with Gasteiger partial charge in [0.25, 0.3) is 0 Å². The number of hydrogen-bond acceptors (Lipinski definition) is 2. The maximum absolute atomic E-state index is 6.62. The molecule has 0 fully saturated rings. The van der Waals surface area contributed by atoms with Crippen molar-refractivity contribution in [1.82, 2.24) is 4.57 Å². The van der Waals surface area contributed by atoms with Crippen molar-refractivity contribution in [1.29, 1.82) is 0 Å². The molecule has 7 aromatic carbocycles. The summed E-state index contributed by atoms with van der Waals surface area (Å²) in [6, 6.07) is 56.0. The number of aryl methyl sites for hydroxylation is 1. The largest absolute Gasteiger partial charge is 0.454 e. The molecule has 13 rings (SSSR count). The van der Waals surface area contributed by atoms with E-state index in [0.717, 1.165) is 55.9 Å². The molecule has 3 nitrogen and oxygen atoms in total. The minimum absolute atomic E-state index is 0.342. The highest BCUT2D eigenvalue weighted by Crippen LogP contribution is 2.40. The Morgan fingerprint density at radius 3 is 2.15 bits per heavy atom.